The van der Waals surface area contributed by atoms with Crippen molar-refractivity contribution in [2.45, 2.75) is 13.1 Å². The molecule has 2 heterocycles. The first kappa shape index (κ1) is 42.8. The average molecular weight is 955 g/mol. The molecule has 0 bridgehead atoms. The molecule has 9 aromatic rings. The Labute approximate surface area is 369 Å². The van der Waals surface area contributed by atoms with Crippen LogP contribution in [-0.4, -0.2) is 21.5 Å². The Morgan fingerprint density at radius 3 is 0.667 bits per heavy atom. The molecular formula is C50H40Br2N2O4P2. The van der Waals surface area contributed by atoms with Crippen molar-refractivity contribution in [3.63, 3.8) is 0 Å². The molecule has 0 unspecified atom stereocenters. The van der Waals surface area contributed by atoms with Gasteiger partial charge in [0.2, 0.25) is 0 Å². The summed E-state index contributed by atoms with van der Waals surface area (Å²) in [5, 5.41) is 7.55. The number of rotatable bonds is 12. The zero-order chi connectivity index (χ0) is 39.7. The molecule has 6 nitrogen and oxygen atoms in total. The van der Waals surface area contributed by atoms with Crippen LogP contribution in [0, 0.1) is 0 Å². The van der Waals surface area contributed by atoms with Gasteiger partial charge in [0.15, 0.2) is 0 Å². The summed E-state index contributed by atoms with van der Waals surface area (Å²) >= 11 is 0. The predicted molar refractivity (Wildman–Crippen MR) is 245 cm³/mol. The van der Waals surface area contributed by atoms with Crippen LogP contribution in [0.15, 0.2) is 213 Å². The summed E-state index contributed by atoms with van der Waals surface area (Å²) in [6, 6.07) is 64.9. The van der Waals surface area contributed by atoms with E-state index in [0.29, 0.717) is 12.3 Å². The Morgan fingerprint density at radius 2 is 0.483 bits per heavy atom. The number of fused-ring (bicyclic) bond motifs is 2. The molecule has 0 radical (unpaired) electrons. The summed E-state index contributed by atoms with van der Waals surface area (Å²) in [7, 11) is -4.69. The number of halogens is 2. The van der Waals surface area contributed by atoms with E-state index >= 15 is 0 Å². The van der Waals surface area contributed by atoms with E-state index in [2.05, 4.69) is 72.8 Å². The van der Waals surface area contributed by atoms with Crippen molar-refractivity contribution >= 4 is 67.9 Å². The fraction of sp³-hybridized carbons (Fsp3) is 0.0800. The Balaban J connectivity index is 0.00000272. The smallest absolute Gasteiger partial charge is 0.261 e. The highest BCUT2D eigenvalue weighted by Crippen LogP contribution is 2.56. The van der Waals surface area contributed by atoms with Crippen LogP contribution in [0.2, 0.25) is 0 Å². The minimum atomic E-state index is -2.34. The molecule has 9 rings (SSSR count). The van der Waals surface area contributed by atoms with Gasteiger partial charge in [0.1, 0.15) is 46.4 Å². The molecule has 2 aromatic heterocycles. The minimum absolute atomic E-state index is 0. The van der Waals surface area contributed by atoms with Gasteiger partial charge in [-0.2, -0.15) is 0 Å². The van der Waals surface area contributed by atoms with Crippen LogP contribution >= 0.6 is 14.5 Å². The van der Waals surface area contributed by atoms with Crippen LogP contribution in [-0.2, 0) is 13.1 Å². The number of hydrogen-bond acceptors (Lipinski definition) is 4. The van der Waals surface area contributed by atoms with Crippen LogP contribution in [0.3, 0.4) is 0 Å². The average Bonchev–Trinajstić information content (AvgIpc) is 3.67. The maximum Gasteiger partial charge on any atom is 0.261 e. The molecule has 0 saturated carbocycles. The third kappa shape index (κ3) is 7.30. The lowest BCUT2D eigenvalue weighted by molar-refractivity contribution is -0.00100. The van der Waals surface area contributed by atoms with Gasteiger partial charge >= 0.3 is 0 Å². The van der Waals surface area contributed by atoms with Gasteiger partial charge in [0, 0.05) is 0 Å². The van der Waals surface area contributed by atoms with Crippen LogP contribution in [0.25, 0.3) is 21.5 Å². The van der Waals surface area contributed by atoms with Crippen molar-refractivity contribution in [1.82, 2.24) is 9.13 Å². The maximum atomic E-state index is 14.2. The molecule has 0 N–H and O–H groups in total. The van der Waals surface area contributed by atoms with Gasteiger partial charge in [-0.3, -0.25) is 28.3 Å². The normalized spacial score (nSPS) is 11.6. The first-order valence-electron chi connectivity index (χ1n) is 19.4. The number of nitrogens with zero attached hydrogens (tertiary/aromatic N) is 2. The Hall–Kier alpha value is -5.36. The van der Waals surface area contributed by atoms with Crippen LogP contribution < -0.4 is 88.0 Å². The zero-order valence-electron chi connectivity index (χ0n) is 32.5. The van der Waals surface area contributed by atoms with Gasteiger partial charge < -0.3 is 34.0 Å². The molecule has 60 heavy (non-hydrogen) atoms. The van der Waals surface area contributed by atoms with Gasteiger partial charge in [0.25, 0.3) is 22.2 Å². The highest BCUT2D eigenvalue weighted by molar-refractivity contribution is 7.96. The molecule has 0 aliphatic carbocycles. The van der Waals surface area contributed by atoms with Gasteiger partial charge in [-0.25, -0.2) is 0 Å². The highest BCUT2D eigenvalue weighted by atomic mass is 79.9. The van der Waals surface area contributed by atoms with Crippen molar-refractivity contribution in [1.29, 1.82) is 0 Å². The van der Waals surface area contributed by atoms with Gasteiger partial charge in [-0.05, 0) is 84.9 Å². The monoisotopic (exact) mass is 952 g/mol. The molecule has 0 saturated heterocycles. The maximum absolute atomic E-state index is 14.2. The lowest BCUT2D eigenvalue weighted by Gasteiger charge is -2.27. The molecule has 10 heteroatoms. The second-order valence-corrected chi connectivity index (χ2v) is 21.8. The molecule has 0 amide bonds. The van der Waals surface area contributed by atoms with Gasteiger partial charge in [-0.15, -0.1) is 0 Å². The SMILES string of the molecule is O=c1c2cc3c(=O)n(CC[P+](c4ccccc4)(c4ccccc4)c4ccccc4)c(=O)c3cc2c(=O)n1CC[P+](c1ccccc1)(c1ccccc1)c1ccccc1.[Br-].[Br-]. The predicted octanol–water partition coefficient (Wildman–Crippen LogP) is -0.0914. The van der Waals surface area contributed by atoms with Crippen LogP contribution in [0.5, 0.6) is 0 Å². The van der Waals surface area contributed by atoms with E-state index in [4.69, 9.17) is 0 Å². The van der Waals surface area contributed by atoms with E-state index < -0.39 is 36.8 Å². The molecule has 0 atom stereocenters. The number of aromatic nitrogens is 2. The summed E-state index contributed by atoms with van der Waals surface area (Å²) in [6.07, 6.45) is 1.05. The Bertz CT molecular complexity index is 2610. The fourth-order valence-electron chi connectivity index (χ4n) is 8.74. The molecule has 0 fully saturated rings. The van der Waals surface area contributed by atoms with Crippen molar-refractivity contribution < 1.29 is 34.0 Å². The first-order valence-corrected chi connectivity index (χ1v) is 23.4. The first-order chi connectivity index (χ1) is 28.4. The van der Waals surface area contributed by atoms with Crippen molar-refractivity contribution in [3.8, 4) is 0 Å². The summed E-state index contributed by atoms with van der Waals surface area (Å²) in [5.41, 5.74) is -1.79. The molecule has 0 aliphatic rings. The molecule has 298 valence electrons. The lowest BCUT2D eigenvalue weighted by Crippen LogP contribution is -3.00. The molecular weight excluding hydrogens is 914 g/mol. The largest absolute Gasteiger partial charge is 1.00 e. The van der Waals surface area contributed by atoms with E-state index in [1.54, 1.807) is 0 Å². The summed E-state index contributed by atoms with van der Waals surface area (Å²) < 4.78 is 2.60. The molecule has 7 aromatic carbocycles. The van der Waals surface area contributed by atoms with Crippen molar-refractivity contribution in [3.05, 3.63) is 236 Å². The van der Waals surface area contributed by atoms with E-state index in [9.17, 15) is 19.2 Å². The molecule has 0 spiro atoms. The quantitative estimate of drug-likeness (QED) is 0.161. The summed E-state index contributed by atoms with van der Waals surface area (Å²) in [4.78, 5) is 57.0. The topological polar surface area (TPSA) is 78.1 Å². The Kier molecular flexibility index (Phi) is 12.9. The fourth-order valence-corrected chi connectivity index (χ4v) is 17.2. The standard InChI is InChI=1S/C50H40N2O4P2.2BrH/c53-47-43-35-45-46(50(56)52(49(45)55)32-34-58(40-25-13-4-14-26-40,41-27-15-5-16-28-41)42-29-17-6-18-30-42)36-44(43)48(54)51(47)31-33-57(37-19-7-1-8-20-37,38-21-9-2-10-22-38)39-23-11-3-12-24-39;;/h1-30,35-36H,31-34H2;2*1H/q+2;;/p-2. The van der Waals surface area contributed by atoms with Gasteiger partial charge in [-0.1, -0.05) is 109 Å². The molecule has 0 aliphatic heterocycles. The minimum Gasteiger partial charge on any atom is -1.00 e. The van der Waals surface area contributed by atoms with Crippen molar-refractivity contribution in [2.24, 2.45) is 0 Å². The lowest BCUT2D eigenvalue weighted by atomic mass is 10.1. The third-order valence-electron chi connectivity index (χ3n) is 11.6. The van der Waals surface area contributed by atoms with E-state index in [-0.39, 0.29) is 68.6 Å². The summed E-state index contributed by atoms with van der Waals surface area (Å²) in [6.45, 7) is 0.337. The van der Waals surface area contributed by atoms with E-state index in [0.717, 1.165) is 31.8 Å². The van der Waals surface area contributed by atoms with E-state index in [1.807, 2.05) is 109 Å². The van der Waals surface area contributed by atoms with Crippen LogP contribution in [0.1, 0.15) is 0 Å². The van der Waals surface area contributed by atoms with Crippen molar-refractivity contribution in [2.75, 3.05) is 12.3 Å². The Morgan fingerprint density at radius 1 is 0.300 bits per heavy atom. The van der Waals surface area contributed by atoms with Gasteiger partial charge in [0.05, 0.1) is 47.0 Å². The van der Waals surface area contributed by atoms with E-state index in [1.165, 1.54) is 21.3 Å². The number of benzene rings is 7. The second-order valence-electron chi connectivity index (χ2n) is 14.5. The van der Waals surface area contributed by atoms with Crippen LogP contribution in [0.4, 0.5) is 0 Å². The third-order valence-corrected chi connectivity index (χ3v) is 20.4. The highest BCUT2D eigenvalue weighted by Gasteiger charge is 2.46. The summed E-state index contributed by atoms with van der Waals surface area (Å²) in [5.74, 6) is 0. The number of hydrogen-bond donors (Lipinski definition) is 0. The second kappa shape index (κ2) is 18.1. The zero-order valence-corrected chi connectivity index (χ0v) is 37.4.